The van der Waals surface area contributed by atoms with Crippen molar-refractivity contribution in [3.05, 3.63) is 24.3 Å². The van der Waals surface area contributed by atoms with Gasteiger partial charge in [-0.3, -0.25) is 0 Å². The molecule has 114 valence electrons. The van der Waals surface area contributed by atoms with Crippen LogP contribution in [0.5, 0.6) is 5.75 Å². The molecule has 6 nitrogen and oxygen atoms in total. The second kappa shape index (κ2) is 6.47. The number of nitrogens with zero attached hydrogens (tertiary/aromatic N) is 1. The number of nitrogens with one attached hydrogen (secondary N) is 1. The molecule has 1 heterocycles. The van der Waals surface area contributed by atoms with Crippen LogP contribution >= 0.6 is 0 Å². The van der Waals surface area contributed by atoms with Crippen LogP contribution in [-0.2, 0) is 4.79 Å². The maximum atomic E-state index is 12.1. The van der Waals surface area contributed by atoms with Gasteiger partial charge < -0.3 is 20.1 Å². The Kier molecular flexibility index (Phi) is 4.67. The van der Waals surface area contributed by atoms with Crippen molar-refractivity contribution in [2.24, 2.45) is 0 Å². The fourth-order valence-corrected chi connectivity index (χ4v) is 2.35. The summed E-state index contributed by atoms with van der Waals surface area (Å²) in [6.07, 6.45) is 1.31. The van der Waals surface area contributed by atoms with Crippen molar-refractivity contribution in [1.29, 1.82) is 0 Å². The third-order valence-electron chi connectivity index (χ3n) is 3.28. The van der Waals surface area contributed by atoms with Crippen molar-refractivity contribution >= 4 is 17.7 Å². The predicted octanol–water partition coefficient (Wildman–Crippen LogP) is 2.55. The van der Waals surface area contributed by atoms with Crippen molar-refractivity contribution in [2.75, 3.05) is 11.9 Å². The Morgan fingerprint density at radius 2 is 2.00 bits per heavy atom. The van der Waals surface area contributed by atoms with Gasteiger partial charge in [-0.1, -0.05) is 0 Å². The van der Waals surface area contributed by atoms with Crippen LogP contribution in [0.25, 0.3) is 0 Å². The molecular formula is C15H20N2O4. The van der Waals surface area contributed by atoms with Gasteiger partial charge in [-0.15, -0.1) is 0 Å². The van der Waals surface area contributed by atoms with E-state index in [0.717, 1.165) is 5.75 Å². The quantitative estimate of drug-likeness (QED) is 0.894. The minimum Gasteiger partial charge on any atom is -0.491 e. The average Bonchev–Trinajstić information content (AvgIpc) is 2.90. The van der Waals surface area contributed by atoms with E-state index >= 15 is 0 Å². The number of rotatable bonds is 4. The number of urea groups is 1. The van der Waals surface area contributed by atoms with Crippen LogP contribution in [0.2, 0.25) is 0 Å². The molecule has 1 aromatic carbocycles. The molecule has 0 aliphatic carbocycles. The first-order chi connectivity index (χ1) is 9.97. The largest absolute Gasteiger partial charge is 0.491 e. The van der Waals surface area contributed by atoms with E-state index in [1.165, 1.54) is 4.90 Å². The minimum absolute atomic E-state index is 0.0892. The minimum atomic E-state index is -0.955. The first kappa shape index (κ1) is 15.2. The number of carboxylic acids is 1. The molecule has 0 radical (unpaired) electrons. The van der Waals surface area contributed by atoms with E-state index in [0.29, 0.717) is 25.1 Å². The third-order valence-corrected chi connectivity index (χ3v) is 3.28. The van der Waals surface area contributed by atoms with E-state index in [-0.39, 0.29) is 12.1 Å². The van der Waals surface area contributed by atoms with Gasteiger partial charge in [0.1, 0.15) is 11.8 Å². The van der Waals surface area contributed by atoms with Gasteiger partial charge in [0.15, 0.2) is 0 Å². The number of amides is 2. The molecule has 2 amide bonds. The van der Waals surface area contributed by atoms with Gasteiger partial charge >= 0.3 is 12.0 Å². The van der Waals surface area contributed by atoms with Crippen molar-refractivity contribution in [2.45, 2.75) is 38.8 Å². The van der Waals surface area contributed by atoms with Gasteiger partial charge in [0, 0.05) is 12.2 Å². The molecule has 2 rings (SSSR count). The maximum absolute atomic E-state index is 12.1. The van der Waals surface area contributed by atoms with E-state index in [1.807, 2.05) is 13.8 Å². The summed E-state index contributed by atoms with van der Waals surface area (Å²) in [5, 5.41) is 11.8. The van der Waals surface area contributed by atoms with Crippen molar-refractivity contribution in [1.82, 2.24) is 4.90 Å². The zero-order valence-electron chi connectivity index (χ0n) is 12.2. The molecule has 2 N–H and O–H groups in total. The van der Waals surface area contributed by atoms with E-state index in [2.05, 4.69) is 5.32 Å². The number of likely N-dealkylation sites (tertiary alicyclic amines) is 1. The van der Waals surface area contributed by atoms with Crippen molar-refractivity contribution in [3.8, 4) is 5.75 Å². The zero-order chi connectivity index (χ0) is 15.4. The molecule has 0 spiro atoms. The number of carbonyl (C=O) groups is 2. The highest BCUT2D eigenvalue weighted by atomic mass is 16.5. The fourth-order valence-electron chi connectivity index (χ4n) is 2.35. The second-order valence-electron chi connectivity index (χ2n) is 5.31. The van der Waals surface area contributed by atoms with Crippen LogP contribution in [0.1, 0.15) is 26.7 Å². The first-order valence-corrected chi connectivity index (χ1v) is 7.04. The highest BCUT2D eigenvalue weighted by molar-refractivity contribution is 5.92. The Labute approximate surface area is 123 Å². The van der Waals surface area contributed by atoms with Gasteiger partial charge in [-0.2, -0.15) is 0 Å². The Morgan fingerprint density at radius 1 is 1.33 bits per heavy atom. The molecule has 0 saturated carbocycles. The van der Waals surface area contributed by atoms with Crippen LogP contribution in [0.3, 0.4) is 0 Å². The molecule has 1 saturated heterocycles. The third kappa shape index (κ3) is 3.87. The van der Waals surface area contributed by atoms with Gasteiger partial charge in [0.25, 0.3) is 0 Å². The molecule has 0 aromatic heterocycles. The van der Waals surface area contributed by atoms with Crippen LogP contribution in [0.15, 0.2) is 24.3 Å². The topological polar surface area (TPSA) is 78.9 Å². The summed E-state index contributed by atoms with van der Waals surface area (Å²) < 4.78 is 5.52. The number of ether oxygens (including phenoxy) is 1. The SMILES string of the molecule is CC(C)Oc1ccc(NC(=O)N2CCCC2C(=O)O)cc1. The maximum Gasteiger partial charge on any atom is 0.326 e. The average molecular weight is 292 g/mol. The molecule has 1 unspecified atom stereocenters. The first-order valence-electron chi connectivity index (χ1n) is 7.04. The smallest absolute Gasteiger partial charge is 0.326 e. The van der Waals surface area contributed by atoms with E-state index in [9.17, 15) is 9.59 Å². The number of benzene rings is 1. The summed E-state index contributed by atoms with van der Waals surface area (Å²) in [7, 11) is 0. The molecular weight excluding hydrogens is 272 g/mol. The predicted molar refractivity (Wildman–Crippen MR) is 78.6 cm³/mol. The molecule has 21 heavy (non-hydrogen) atoms. The van der Waals surface area contributed by atoms with Crippen LogP contribution in [0, 0.1) is 0 Å². The van der Waals surface area contributed by atoms with Crippen molar-refractivity contribution in [3.63, 3.8) is 0 Å². The summed E-state index contributed by atoms with van der Waals surface area (Å²) in [6.45, 7) is 4.35. The highest BCUT2D eigenvalue weighted by Crippen LogP contribution is 2.21. The standard InChI is InChI=1S/C15H20N2O4/c1-10(2)21-12-7-5-11(6-8-12)16-15(20)17-9-3-4-13(17)14(18)19/h5-8,10,13H,3-4,9H2,1-2H3,(H,16,20)(H,18,19). The number of carboxylic acid groups (broad SMARTS) is 1. The summed E-state index contributed by atoms with van der Waals surface area (Å²) >= 11 is 0. The molecule has 1 aliphatic heterocycles. The lowest BCUT2D eigenvalue weighted by atomic mass is 10.2. The lowest BCUT2D eigenvalue weighted by Gasteiger charge is -2.21. The van der Waals surface area contributed by atoms with Crippen LogP contribution in [-0.4, -0.2) is 40.7 Å². The fraction of sp³-hybridized carbons (Fsp3) is 0.467. The summed E-state index contributed by atoms with van der Waals surface area (Å²) in [5.41, 5.74) is 0.618. The number of aliphatic carboxylic acids is 1. The number of hydrogen-bond acceptors (Lipinski definition) is 3. The van der Waals surface area contributed by atoms with E-state index in [4.69, 9.17) is 9.84 Å². The molecule has 1 aromatic rings. The molecule has 0 bridgehead atoms. The molecule has 1 fully saturated rings. The molecule has 1 aliphatic rings. The van der Waals surface area contributed by atoms with Gasteiger partial charge in [0.05, 0.1) is 6.10 Å². The Balaban J connectivity index is 1.97. The molecule has 1 atom stereocenters. The lowest BCUT2D eigenvalue weighted by Crippen LogP contribution is -2.42. The molecule has 6 heteroatoms. The Morgan fingerprint density at radius 3 is 2.57 bits per heavy atom. The normalized spacial score (nSPS) is 17.9. The highest BCUT2D eigenvalue weighted by Gasteiger charge is 2.33. The van der Waals surface area contributed by atoms with Gasteiger partial charge in [-0.05, 0) is 51.0 Å². The Hall–Kier alpha value is -2.24. The van der Waals surface area contributed by atoms with Crippen LogP contribution in [0.4, 0.5) is 10.5 Å². The Bertz CT molecular complexity index is 513. The van der Waals surface area contributed by atoms with Crippen molar-refractivity contribution < 1.29 is 19.4 Å². The monoisotopic (exact) mass is 292 g/mol. The van der Waals surface area contributed by atoms with E-state index < -0.39 is 12.0 Å². The zero-order valence-corrected chi connectivity index (χ0v) is 12.2. The number of anilines is 1. The lowest BCUT2D eigenvalue weighted by molar-refractivity contribution is -0.141. The number of carbonyl (C=O) groups excluding carboxylic acids is 1. The van der Waals surface area contributed by atoms with E-state index in [1.54, 1.807) is 24.3 Å². The van der Waals surface area contributed by atoms with Gasteiger partial charge in [0.2, 0.25) is 0 Å². The summed E-state index contributed by atoms with van der Waals surface area (Å²) in [5.74, 6) is -0.226. The summed E-state index contributed by atoms with van der Waals surface area (Å²) in [4.78, 5) is 24.6. The summed E-state index contributed by atoms with van der Waals surface area (Å²) in [6, 6.07) is 5.91. The number of hydrogen-bond donors (Lipinski definition) is 2. The van der Waals surface area contributed by atoms with Crippen LogP contribution < -0.4 is 10.1 Å². The van der Waals surface area contributed by atoms with Gasteiger partial charge in [-0.25, -0.2) is 9.59 Å². The second-order valence-corrected chi connectivity index (χ2v) is 5.31.